The van der Waals surface area contributed by atoms with Crippen molar-refractivity contribution in [1.29, 1.82) is 0 Å². The average molecular weight is 417 g/mol. The van der Waals surface area contributed by atoms with Gasteiger partial charge in [0.2, 0.25) is 0 Å². The lowest BCUT2D eigenvalue weighted by Gasteiger charge is -2.07. The van der Waals surface area contributed by atoms with E-state index in [1.807, 2.05) is 0 Å². The molecule has 4 rings (SSSR count). The second-order valence-corrected chi connectivity index (χ2v) is 6.71. The fraction of sp³-hybridized carbons (Fsp3) is 0.0476. The first kappa shape index (κ1) is 19.7. The van der Waals surface area contributed by atoms with Crippen LogP contribution in [0.4, 0.5) is 11.4 Å². The van der Waals surface area contributed by atoms with E-state index in [-0.39, 0.29) is 34.4 Å². The number of hydrogen-bond acceptors (Lipinski definition) is 7. The molecule has 2 aromatic heterocycles. The summed E-state index contributed by atoms with van der Waals surface area (Å²) >= 11 is 0. The Morgan fingerprint density at radius 1 is 1.06 bits per heavy atom. The number of benzene rings is 2. The van der Waals surface area contributed by atoms with Gasteiger partial charge in [-0.2, -0.15) is 4.73 Å². The van der Waals surface area contributed by atoms with E-state index in [1.165, 1.54) is 13.0 Å². The van der Waals surface area contributed by atoms with Crippen molar-refractivity contribution < 1.29 is 19.7 Å². The molecule has 10 nitrogen and oxygen atoms in total. The first-order chi connectivity index (χ1) is 14.8. The Morgan fingerprint density at radius 3 is 2.32 bits per heavy atom. The van der Waals surface area contributed by atoms with Gasteiger partial charge in [-0.3, -0.25) is 19.7 Å². The Labute approximate surface area is 174 Å². The number of hydrogen-bond donors (Lipinski definition) is 2. The lowest BCUT2D eigenvalue weighted by molar-refractivity contribution is -0.385. The van der Waals surface area contributed by atoms with Gasteiger partial charge < -0.3 is 10.5 Å². The van der Waals surface area contributed by atoms with Crippen LogP contribution in [0.15, 0.2) is 60.8 Å². The summed E-state index contributed by atoms with van der Waals surface area (Å²) in [6, 6.07) is 14.0. The van der Waals surface area contributed by atoms with E-state index in [9.17, 15) is 24.9 Å². The van der Waals surface area contributed by atoms with Crippen LogP contribution in [-0.2, 0) is 0 Å². The number of Topliss-reactive ketones (excluding diaryl/α,β-unsaturated/α-hetero) is 1. The van der Waals surface area contributed by atoms with Crippen molar-refractivity contribution in [2.75, 3.05) is 5.32 Å². The largest absolute Gasteiger partial charge is 0.426 e. The Hall–Kier alpha value is -4.60. The zero-order valence-corrected chi connectivity index (χ0v) is 16.1. The van der Waals surface area contributed by atoms with Crippen molar-refractivity contribution >= 4 is 34.2 Å². The topological polar surface area (TPSA) is 140 Å². The highest BCUT2D eigenvalue weighted by atomic mass is 16.6. The summed E-state index contributed by atoms with van der Waals surface area (Å²) in [5, 5.41) is 24.0. The summed E-state index contributed by atoms with van der Waals surface area (Å²) in [6.45, 7) is 1.45. The minimum Gasteiger partial charge on any atom is -0.426 e. The zero-order valence-electron chi connectivity index (χ0n) is 16.1. The summed E-state index contributed by atoms with van der Waals surface area (Å²) in [4.78, 5) is 42.1. The molecule has 0 atom stereocenters. The second kappa shape index (κ2) is 7.67. The Kier molecular flexibility index (Phi) is 4.88. The van der Waals surface area contributed by atoms with Crippen LogP contribution < -0.4 is 5.32 Å². The number of nitro groups is 1. The molecule has 0 unspecified atom stereocenters. The van der Waals surface area contributed by atoms with Crippen molar-refractivity contribution in [1.82, 2.24) is 14.7 Å². The Balaban J connectivity index is 1.55. The SMILES string of the molecule is CC(=O)c1ccc(C(=O)Nc2ccc(-c3nc4ncc([N+](=O)[O-])cc4n3O)cc2)cc1. The Bertz CT molecular complexity index is 1330. The van der Waals surface area contributed by atoms with Crippen LogP contribution in [0.25, 0.3) is 22.6 Å². The van der Waals surface area contributed by atoms with Gasteiger partial charge in [0.25, 0.3) is 11.6 Å². The lowest BCUT2D eigenvalue weighted by atomic mass is 10.1. The minimum atomic E-state index is -0.607. The number of nitrogens with zero attached hydrogens (tertiary/aromatic N) is 4. The van der Waals surface area contributed by atoms with Crippen molar-refractivity contribution in [3.05, 3.63) is 82.0 Å². The summed E-state index contributed by atoms with van der Waals surface area (Å²) < 4.78 is 0.736. The van der Waals surface area contributed by atoms with Crippen LogP contribution in [-0.4, -0.2) is 36.5 Å². The van der Waals surface area contributed by atoms with Crippen molar-refractivity contribution in [3.63, 3.8) is 0 Å². The van der Waals surface area contributed by atoms with Crippen LogP contribution in [0.5, 0.6) is 0 Å². The molecule has 0 aliphatic rings. The fourth-order valence-corrected chi connectivity index (χ4v) is 2.99. The fourth-order valence-electron chi connectivity index (χ4n) is 2.99. The number of amides is 1. The quantitative estimate of drug-likeness (QED) is 0.218. The first-order valence-corrected chi connectivity index (χ1v) is 9.08. The third kappa shape index (κ3) is 3.81. The van der Waals surface area contributed by atoms with E-state index in [0.29, 0.717) is 22.4 Å². The highest BCUT2D eigenvalue weighted by Crippen LogP contribution is 2.26. The van der Waals surface area contributed by atoms with E-state index >= 15 is 0 Å². The number of aromatic nitrogens is 3. The molecule has 0 fully saturated rings. The number of imidazole rings is 1. The second-order valence-electron chi connectivity index (χ2n) is 6.71. The molecule has 0 bridgehead atoms. The van der Waals surface area contributed by atoms with Gasteiger partial charge in [-0.15, -0.1) is 0 Å². The van der Waals surface area contributed by atoms with Crippen molar-refractivity contribution in [2.24, 2.45) is 0 Å². The lowest BCUT2D eigenvalue weighted by Crippen LogP contribution is -2.12. The van der Waals surface area contributed by atoms with Gasteiger partial charge >= 0.3 is 0 Å². The van der Waals surface area contributed by atoms with Gasteiger partial charge in [-0.1, -0.05) is 12.1 Å². The van der Waals surface area contributed by atoms with Crippen molar-refractivity contribution in [3.8, 4) is 11.4 Å². The molecular weight excluding hydrogens is 402 g/mol. The number of anilines is 1. The van der Waals surface area contributed by atoms with E-state index in [2.05, 4.69) is 15.3 Å². The molecule has 2 heterocycles. The predicted octanol–water partition coefficient (Wildman–Crippen LogP) is 3.70. The van der Waals surface area contributed by atoms with Crippen LogP contribution in [0.3, 0.4) is 0 Å². The van der Waals surface area contributed by atoms with E-state index in [1.54, 1.807) is 48.5 Å². The zero-order chi connectivity index (χ0) is 22.1. The van der Waals surface area contributed by atoms with Crippen molar-refractivity contribution in [2.45, 2.75) is 6.92 Å². The molecule has 0 spiro atoms. The minimum absolute atomic E-state index is 0.0812. The van der Waals surface area contributed by atoms with Crippen LogP contribution >= 0.6 is 0 Å². The number of pyridine rings is 1. The molecular formula is C21H15N5O5. The first-order valence-electron chi connectivity index (χ1n) is 9.08. The van der Waals surface area contributed by atoms with Crippen LogP contribution in [0.2, 0.25) is 0 Å². The van der Waals surface area contributed by atoms with Crippen LogP contribution in [0.1, 0.15) is 27.6 Å². The summed E-state index contributed by atoms with van der Waals surface area (Å²) in [5.41, 5.74) is 1.96. The summed E-state index contributed by atoms with van der Waals surface area (Å²) in [6.07, 6.45) is 1.07. The molecule has 4 aromatic rings. The molecule has 0 aliphatic carbocycles. The highest BCUT2D eigenvalue weighted by molar-refractivity contribution is 6.05. The van der Waals surface area contributed by atoms with E-state index < -0.39 is 4.92 Å². The molecule has 154 valence electrons. The molecule has 10 heteroatoms. The van der Waals surface area contributed by atoms with Gasteiger partial charge in [-0.05, 0) is 43.3 Å². The molecule has 0 aliphatic heterocycles. The number of rotatable bonds is 5. The normalized spacial score (nSPS) is 10.7. The maximum absolute atomic E-state index is 12.4. The van der Waals surface area contributed by atoms with Gasteiger partial charge in [0.05, 0.1) is 4.92 Å². The third-order valence-corrected chi connectivity index (χ3v) is 4.64. The smallest absolute Gasteiger partial charge is 0.289 e. The maximum atomic E-state index is 12.4. The number of nitrogens with one attached hydrogen (secondary N) is 1. The molecule has 2 aromatic carbocycles. The highest BCUT2D eigenvalue weighted by Gasteiger charge is 2.17. The number of carbonyl (C=O) groups excluding carboxylic acids is 2. The van der Waals surface area contributed by atoms with Gasteiger partial charge in [0, 0.05) is 28.4 Å². The predicted molar refractivity (Wildman–Crippen MR) is 111 cm³/mol. The number of carbonyl (C=O) groups is 2. The molecule has 0 radical (unpaired) electrons. The molecule has 31 heavy (non-hydrogen) atoms. The number of ketones is 1. The molecule has 2 N–H and O–H groups in total. The summed E-state index contributed by atoms with van der Waals surface area (Å²) in [5.74, 6) is -0.267. The van der Waals surface area contributed by atoms with Gasteiger partial charge in [0.15, 0.2) is 17.3 Å². The maximum Gasteiger partial charge on any atom is 0.289 e. The van der Waals surface area contributed by atoms with Gasteiger partial charge in [-0.25, -0.2) is 9.97 Å². The Morgan fingerprint density at radius 2 is 1.71 bits per heavy atom. The third-order valence-electron chi connectivity index (χ3n) is 4.64. The van der Waals surface area contributed by atoms with E-state index in [4.69, 9.17) is 0 Å². The standard InChI is InChI=1S/C21H15N5O5/c1-12(27)13-2-4-15(5-3-13)21(28)23-16-8-6-14(7-9-16)20-24-19-18(25(20)29)10-17(11-22-19)26(30)31/h2-11,29H,1H3,(H,23,28). The molecule has 1 amide bonds. The monoisotopic (exact) mass is 417 g/mol. The van der Waals surface area contributed by atoms with E-state index in [0.717, 1.165) is 10.9 Å². The average Bonchev–Trinajstić information content (AvgIpc) is 3.10. The molecule has 0 saturated carbocycles. The molecule has 0 saturated heterocycles. The number of fused-ring (bicyclic) bond motifs is 1. The van der Waals surface area contributed by atoms with Crippen LogP contribution in [0, 0.1) is 10.1 Å². The van der Waals surface area contributed by atoms with Gasteiger partial charge in [0.1, 0.15) is 11.7 Å². The summed E-state index contributed by atoms with van der Waals surface area (Å²) in [7, 11) is 0.